The molecule has 8 heteroatoms. The minimum absolute atomic E-state index is 0.163. The lowest BCUT2D eigenvalue weighted by molar-refractivity contribution is -0.386. The summed E-state index contributed by atoms with van der Waals surface area (Å²) >= 11 is 0. The molecule has 0 aromatic heterocycles. The van der Waals surface area contributed by atoms with Crippen LogP contribution >= 0.6 is 0 Å². The number of hydrogen-bond acceptors (Lipinski definition) is 6. The zero-order valence-electron chi connectivity index (χ0n) is 12.5. The Morgan fingerprint density at radius 1 is 1.38 bits per heavy atom. The van der Waals surface area contributed by atoms with Crippen LogP contribution in [0.4, 0.5) is 11.4 Å². The molecule has 0 spiro atoms. The molecule has 1 N–H and O–H groups in total. The second kappa shape index (κ2) is 6.40. The third-order valence-electron chi connectivity index (χ3n) is 2.82. The van der Waals surface area contributed by atoms with Crippen LogP contribution in [-0.2, 0) is 14.6 Å². The van der Waals surface area contributed by atoms with Gasteiger partial charge in [-0.05, 0) is 32.9 Å². The van der Waals surface area contributed by atoms with Crippen LogP contribution in [0.5, 0.6) is 0 Å². The standard InChI is InChI=1S/C13H20N2O5S/c1-5-20-13(2,3)9-14-10-7-6-8-11(21(4,18)19)12(10)15(16)17/h6-8,14H,5,9H2,1-4H3. The van der Waals surface area contributed by atoms with E-state index < -0.39 is 26.0 Å². The average Bonchev–Trinajstić information content (AvgIpc) is 2.34. The van der Waals surface area contributed by atoms with Gasteiger partial charge in [0.15, 0.2) is 9.84 Å². The largest absolute Gasteiger partial charge is 0.377 e. The molecule has 0 bridgehead atoms. The first kappa shape index (κ1) is 17.4. The van der Waals surface area contributed by atoms with Gasteiger partial charge in [-0.25, -0.2) is 8.42 Å². The van der Waals surface area contributed by atoms with Gasteiger partial charge in [-0.3, -0.25) is 10.1 Å². The highest BCUT2D eigenvalue weighted by atomic mass is 32.2. The Kier molecular flexibility index (Phi) is 5.30. The van der Waals surface area contributed by atoms with E-state index in [-0.39, 0.29) is 10.6 Å². The molecular weight excluding hydrogens is 296 g/mol. The Bertz CT molecular complexity index is 625. The molecule has 0 aliphatic carbocycles. The fourth-order valence-corrected chi connectivity index (χ4v) is 2.76. The zero-order chi connectivity index (χ0) is 16.3. The van der Waals surface area contributed by atoms with Crippen molar-refractivity contribution in [2.75, 3.05) is 24.7 Å². The number of para-hydroxylation sites is 1. The normalized spacial score (nSPS) is 12.2. The second-order valence-electron chi connectivity index (χ2n) is 5.23. The van der Waals surface area contributed by atoms with Crippen LogP contribution in [0.2, 0.25) is 0 Å². The Hall–Kier alpha value is -1.67. The van der Waals surface area contributed by atoms with Crippen molar-refractivity contribution < 1.29 is 18.1 Å². The van der Waals surface area contributed by atoms with Crippen LogP contribution in [0, 0.1) is 10.1 Å². The molecular formula is C13H20N2O5S. The summed E-state index contributed by atoms with van der Waals surface area (Å²) in [6.07, 6.45) is 0.948. The van der Waals surface area contributed by atoms with Crippen molar-refractivity contribution in [3.05, 3.63) is 28.3 Å². The van der Waals surface area contributed by atoms with E-state index >= 15 is 0 Å². The molecule has 0 fully saturated rings. The summed E-state index contributed by atoms with van der Waals surface area (Å²) in [6, 6.07) is 4.18. The average molecular weight is 316 g/mol. The first-order valence-corrected chi connectivity index (χ1v) is 8.33. The Morgan fingerprint density at radius 3 is 2.48 bits per heavy atom. The number of nitro benzene ring substituents is 1. The predicted octanol–water partition coefficient (Wildman–Crippen LogP) is 2.23. The molecule has 0 atom stereocenters. The first-order valence-electron chi connectivity index (χ1n) is 6.44. The number of benzene rings is 1. The number of ether oxygens (including phenoxy) is 1. The molecule has 0 radical (unpaired) electrons. The van der Waals surface area contributed by atoms with Gasteiger partial charge in [-0.15, -0.1) is 0 Å². The fourth-order valence-electron chi connectivity index (χ4n) is 1.90. The van der Waals surface area contributed by atoms with Crippen molar-refractivity contribution in [2.24, 2.45) is 0 Å². The number of rotatable bonds is 7. The summed E-state index contributed by atoms with van der Waals surface area (Å²) in [4.78, 5) is 10.2. The molecule has 118 valence electrons. The number of hydrogen-bond donors (Lipinski definition) is 1. The van der Waals surface area contributed by atoms with E-state index in [4.69, 9.17) is 4.74 Å². The molecule has 7 nitrogen and oxygen atoms in total. The maximum atomic E-state index is 11.7. The number of nitrogens with one attached hydrogen (secondary N) is 1. The Balaban J connectivity index is 3.17. The summed E-state index contributed by atoms with van der Waals surface area (Å²) in [6.45, 7) is 6.37. The van der Waals surface area contributed by atoms with Gasteiger partial charge in [0.25, 0.3) is 0 Å². The van der Waals surface area contributed by atoms with Crippen molar-refractivity contribution >= 4 is 21.2 Å². The van der Waals surface area contributed by atoms with Gasteiger partial charge < -0.3 is 10.1 Å². The van der Waals surface area contributed by atoms with Gasteiger partial charge in [0.05, 0.1) is 10.5 Å². The summed E-state index contributed by atoms with van der Waals surface area (Å²) in [5, 5.41) is 14.1. The van der Waals surface area contributed by atoms with E-state index in [9.17, 15) is 18.5 Å². The quantitative estimate of drug-likeness (QED) is 0.612. The van der Waals surface area contributed by atoms with E-state index in [0.29, 0.717) is 13.2 Å². The van der Waals surface area contributed by atoms with E-state index in [2.05, 4.69) is 5.32 Å². The second-order valence-corrected chi connectivity index (χ2v) is 7.21. The van der Waals surface area contributed by atoms with Crippen LogP contribution in [0.25, 0.3) is 0 Å². The van der Waals surface area contributed by atoms with Gasteiger partial charge in [-0.1, -0.05) is 6.07 Å². The fraction of sp³-hybridized carbons (Fsp3) is 0.538. The van der Waals surface area contributed by atoms with E-state index in [1.165, 1.54) is 18.2 Å². The summed E-state index contributed by atoms with van der Waals surface area (Å²) < 4.78 is 28.8. The summed E-state index contributed by atoms with van der Waals surface area (Å²) in [7, 11) is -3.68. The maximum Gasteiger partial charge on any atom is 0.310 e. The molecule has 21 heavy (non-hydrogen) atoms. The van der Waals surface area contributed by atoms with Crippen molar-refractivity contribution in [3.63, 3.8) is 0 Å². The first-order chi connectivity index (χ1) is 9.58. The Morgan fingerprint density at radius 2 is 2.00 bits per heavy atom. The molecule has 1 rings (SSSR count). The lowest BCUT2D eigenvalue weighted by Crippen LogP contribution is -2.33. The van der Waals surface area contributed by atoms with Gasteiger partial charge >= 0.3 is 5.69 Å². The zero-order valence-corrected chi connectivity index (χ0v) is 13.4. The molecule has 0 saturated heterocycles. The molecule has 0 aliphatic heterocycles. The van der Waals surface area contributed by atoms with Crippen molar-refractivity contribution in [2.45, 2.75) is 31.3 Å². The van der Waals surface area contributed by atoms with Gasteiger partial charge in [0.1, 0.15) is 10.6 Å². The lowest BCUT2D eigenvalue weighted by atomic mass is 10.1. The topological polar surface area (TPSA) is 98.5 Å². The molecule has 0 aliphatic rings. The van der Waals surface area contributed by atoms with Crippen molar-refractivity contribution in [1.29, 1.82) is 0 Å². The summed E-state index contributed by atoms with van der Waals surface area (Å²) in [5.74, 6) is 0. The number of nitro groups is 1. The van der Waals surface area contributed by atoms with Gasteiger partial charge in [0.2, 0.25) is 0 Å². The molecule has 0 saturated carbocycles. The van der Waals surface area contributed by atoms with Crippen LogP contribution < -0.4 is 5.32 Å². The molecule has 0 unspecified atom stereocenters. The lowest BCUT2D eigenvalue weighted by Gasteiger charge is -2.25. The van der Waals surface area contributed by atoms with Gasteiger partial charge in [-0.2, -0.15) is 0 Å². The van der Waals surface area contributed by atoms with Crippen LogP contribution in [-0.4, -0.2) is 38.3 Å². The SMILES string of the molecule is CCOC(C)(C)CNc1cccc(S(C)(=O)=O)c1[N+](=O)[O-]. The van der Waals surface area contributed by atoms with Crippen LogP contribution in [0.15, 0.2) is 23.1 Å². The van der Waals surface area contributed by atoms with Crippen LogP contribution in [0.3, 0.4) is 0 Å². The highest BCUT2D eigenvalue weighted by Gasteiger charge is 2.27. The molecule has 0 amide bonds. The molecule has 1 aromatic carbocycles. The van der Waals surface area contributed by atoms with E-state index in [1.807, 2.05) is 20.8 Å². The smallest absolute Gasteiger partial charge is 0.310 e. The molecule has 0 heterocycles. The van der Waals surface area contributed by atoms with Crippen molar-refractivity contribution in [1.82, 2.24) is 0 Å². The highest BCUT2D eigenvalue weighted by molar-refractivity contribution is 7.90. The minimum Gasteiger partial charge on any atom is -0.377 e. The van der Waals surface area contributed by atoms with E-state index in [1.54, 1.807) is 0 Å². The van der Waals surface area contributed by atoms with Crippen molar-refractivity contribution in [3.8, 4) is 0 Å². The number of sulfone groups is 1. The maximum absolute atomic E-state index is 11.7. The number of anilines is 1. The minimum atomic E-state index is -3.68. The monoisotopic (exact) mass is 316 g/mol. The molecule has 1 aromatic rings. The van der Waals surface area contributed by atoms with E-state index in [0.717, 1.165) is 6.26 Å². The Labute approximate surface area is 124 Å². The predicted molar refractivity (Wildman–Crippen MR) is 80.4 cm³/mol. The third kappa shape index (κ3) is 4.68. The summed E-state index contributed by atoms with van der Waals surface area (Å²) in [5.41, 5.74) is -0.799. The van der Waals surface area contributed by atoms with Gasteiger partial charge in [0, 0.05) is 19.4 Å². The third-order valence-corrected chi connectivity index (χ3v) is 3.95. The van der Waals surface area contributed by atoms with Crippen LogP contribution in [0.1, 0.15) is 20.8 Å². The number of nitrogens with zero attached hydrogens (tertiary/aromatic N) is 1. The highest BCUT2D eigenvalue weighted by Crippen LogP contribution is 2.32.